The van der Waals surface area contributed by atoms with E-state index >= 15 is 0 Å². The molecule has 0 unspecified atom stereocenters. The summed E-state index contributed by atoms with van der Waals surface area (Å²) in [6.07, 6.45) is 0. The second-order valence-corrected chi connectivity index (χ2v) is 9.26. The van der Waals surface area contributed by atoms with E-state index in [-0.39, 0.29) is 16.8 Å². The van der Waals surface area contributed by atoms with E-state index in [1.807, 2.05) is 13.8 Å². The van der Waals surface area contributed by atoms with Gasteiger partial charge in [0.05, 0.1) is 30.9 Å². The van der Waals surface area contributed by atoms with Crippen LogP contribution in [0, 0.1) is 13.8 Å². The molecule has 0 N–H and O–H groups in total. The third-order valence-corrected chi connectivity index (χ3v) is 7.09. The van der Waals surface area contributed by atoms with Gasteiger partial charge in [0.25, 0.3) is 5.91 Å². The lowest BCUT2D eigenvalue weighted by Gasteiger charge is -2.24. The Labute approximate surface area is 198 Å². The number of nitrogens with zero attached hydrogens (tertiary/aromatic N) is 2. The van der Waals surface area contributed by atoms with Crippen LogP contribution < -0.4 is 19.8 Å². The van der Waals surface area contributed by atoms with Crippen molar-refractivity contribution in [3.63, 3.8) is 0 Å². The Hall–Kier alpha value is -3.36. The van der Waals surface area contributed by atoms with Crippen LogP contribution >= 0.6 is 22.9 Å². The minimum absolute atomic E-state index is 0.0183. The number of hydrogen-bond acceptors (Lipinski definition) is 7. The first kappa shape index (κ1) is 21.5. The van der Waals surface area contributed by atoms with Crippen molar-refractivity contribution < 1.29 is 18.7 Å². The molecular formula is C24H19ClN2O5S. The van der Waals surface area contributed by atoms with Gasteiger partial charge in [0.2, 0.25) is 5.76 Å². The molecule has 1 aliphatic rings. The van der Waals surface area contributed by atoms with E-state index in [9.17, 15) is 9.59 Å². The smallest absolute Gasteiger partial charge is 0.297 e. The first-order valence-electron chi connectivity index (χ1n) is 10.1. The lowest BCUT2D eigenvalue weighted by molar-refractivity contribution is 0.0970. The summed E-state index contributed by atoms with van der Waals surface area (Å²) in [5.41, 5.74) is 1.58. The Bertz CT molecular complexity index is 1470. The summed E-state index contributed by atoms with van der Waals surface area (Å²) in [7, 11) is 3.09. The van der Waals surface area contributed by atoms with Gasteiger partial charge in [0.1, 0.15) is 23.1 Å². The molecule has 0 fully saturated rings. The molecule has 1 amide bonds. The molecule has 1 atom stereocenters. The predicted octanol–water partition coefficient (Wildman–Crippen LogP) is 5.29. The fourth-order valence-electron chi connectivity index (χ4n) is 4.05. The van der Waals surface area contributed by atoms with E-state index in [1.54, 1.807) is 43.5 Å². The van der Waals surface area contributed by atoms with Crippen LogP contribution in [0.15, 0.2) is 45.6 Å². The van der Waals surface area contributed by atoms with Crippen LogP contribution in [0.25, 0.3) is 11.0 Å². The number of rotatable bonds is 4. The van der Waals surface area contributed by atoms with Gasteiger partial charge in [-0.2, -0.15) is 0 Å². The van der Waals surface area contributed by atoms with Gasteiger partial charge in [-0.25, -0.2) is 4.98 Å². The maximum atomic E-state index is 13.7. The number of aromatic nitrogens is 1. The quantitative estimate of drug-likeness (QED) is 0.393. The number of halogens is 1. The summed E-state index contributed by atoms with van der Waals surface area (Å²) in [5.74, 6) is 0.603. The SMILES string of the molecule is COc1ccc(OC)c([C@@H]2c3c(oc4ccc(Cl)cc4c3=O)C(=O)N2c2nc(C)c(C)s2)c1. The number of amides is 1. The van der Waals surface area contributed by atoms with Crippen molar-refractivity contribution >= 4 is 44.9 Å². The molecule has 0 bridgehead atoms. The van der Waals surface area contributed by atoms with Crippen LogP contribution in [0.2, 0.25) is 5.02 Å². The summed E-state index contributed by atoms with van der Waals surface area (Å²) in [4.78, 5) is 34.5. The monoisotopic (exact) mass is 482 g/mol. The standard InChI is InChI=1S/C24H19ClN2O5S/c1-11-12(2)33-24(26-11)27-20(15-10-14(30-3)6-8-17(15)31-4)19-21(28)16-9-13(25)5-7-18(16)32-22(19)23(27)29/h5-10,20H,1-4H3/t20-/m1/s1. The maximum Gasteiger partial charge on any atom is 0.297 e. The molecule has 168 valence electrons. The zero-order chi connectivity index (χ0) is 23.4. The molecule has 5 rings (SSSR count). The molecule has 0 saturated carbocycles. The van der Waals surface area contributed by atoms with Crippen LogP contribution in [-0.2, 0) is 0 Å². The van der Waals surface area contributed by atoms with E-state index in [0.717, 1.165) is 10.6 Å². The van der Waals surface area contributed by atoms with E-state index in [4.69, 9.17) is 25.5 Å². The fraction of sp³-hybridized carbons (Fsp3) is 0.208. The number of benzene rings is 2. The number of fused-ring (bicyclic) bond motifs is 2. The molecule has 0 aliphatic carbocycles. The number of methoxy groups -OCH3 is 2. The number of carbonyl (C=O) groups is 1. The topological polar surface area (TPSA) is 81.9 Å². The van der Waals surface area contributed by atoms with Crippen molar-refractivity contribution in [2.45, 2.75) is 19.9 Å². The van der Waals surface area contributed by atoms with E-state index in [0.29, 0.717) is 38.2 Å². The zero-order valence-corrected chi connectivity index (χ0v) is 19.8. The largest absolute Gasteiger partial charge is 0.497 e. The molecule has 0 spiro atoms. The lowest BCUT2D eigenvalue weighted by atomic mass is 9.97. The number of thiazole rings is 1. The minimum atomic E-state index is -0.817. The second kappa shape index (κ2) is 7.90. The first-order valence-corrected chi connectivity index (χ1v) is 11.3. The molecule has 2 aromatic carbocycles. The van der Waals surface area contributed by atoms with Gasteiger partial charge in [-0.05, 0) is 50.2 Å². The Morgan fingerprint density at radius 3 is 2.55 bits per heavy atom. The summed E-state index contributed by atoms with van der Waals surface area (Å²) >= 11 is 7.53. The Kier molecular flexibility index (Phi) is 5.14. The van der Waals surface area contributed by atoms with Gasteiger partial charge < -0.3 is 13.9 Å². The molecule has 4 aromatic rings. The summed E-state index contributed by atoms with van der Waals surface area (Å²) < 4.78 is 17.0. The van der Waals surface area contributed by atoms with Crippen LogP contribution in [0.4, 0.5) is 5.13 Å². The average Bonchev–Trinajstić information content (AvgIpc) is 3.29. The van der Waals surface area contributed by atoms with Gasteiger partial charge in [-0.15, -0.1) is 11.3 Å². The molecule has 0 saturated heterocycles. The zero-order valence-electron chi connectivity index (χ0n) is 18.3. The van der Waals surface area contributed by atoms with Gasteiger partial charge in [0, 0.05) is 15.5 Å². The molecule has 3 heterocycles. The highest BCUT2D eigenvalue weighted by molar-refractivity contribution is 7.15. The van der Waals surface area contributed by atoms with Crippen molar-refractivity contribution in [2.24, 2.45) is 0 Å². The number of ether oxygens (including phenoxy) is 2. The summed E-state index contributed by atoms with van der Waals surface area (Å²) in [6, 6.07) is 9.20. The van der Waals surface area contributed by atoms with E-state index < -0.39 is 11.9 Å². The lowest BCUT2D eigenvalue weighted by Crippen LogP contribution is -2.29. The minimum Gasteiger partial charge on any atom is -0.497 e. The second-order valence-electron chi connectivity index (χ2n) is 7.64. The van der Waals surface area contributed by atoms with Gasteiger partial charge in [-0.3, -0.25) is 14.5 Å². The van der Waals surface area contributed by atoms with Crippen molar-refractivity contribution in [2.75, 3.05) is 19.1 Å². The third-order valence-electron chi connectivity index (χ3n) is 5.79. The maximum absolute atomic E-state index is 13.7. The summed E-state index contributed by atoms with van der Waals surface area (Å²) in [6.45, 7) is 3.81. The highest BCUT2D eigenvalue weighted by Gasteiger charge is 2.46. The molecule has 2 aromatic heterocycles. The fourth-order valence-corrected chi connectivity index (χ4v) is 5.16. The van der Waals surface area contributed by atoms with E-state index in [2.05, 4.69) is 4.98 Å². The normalized spacial score (nSPS) is 15.2. The molecule has 7 nitrogen and oxygen atoms in total. The van der Waals surface area contributed by atoms with Crippen molar-refractivity contribution in [1.82, 2.24) is 4.98 Å². The van der Waals surface area contributed by atoms with Crippen LogP contribution in [0.5, 0.6) is 11.5 Å². The van der Waals surface area contributed by atoms with Gasteiger partial charge in [0.15, 0.2) is 10.6 Å². The summed E-state index contributed by atoms with van der Waals surface area (Å²) in [5, 5.41) is 1.17. The first-order chi connectivity index (χ1) is 15.8. The third kappa shape index (κ3) is 3.29. The molecular weight excluding hydrogens is 464 g/mol. The molecule has 33 heavy (non-hydrogen) atoms. The number of carbonyl (C=O) groups excluding carboxylic acids is 1. The van der Waals surface area contributed by atoms with Gasteiger partial charge >= 0.3 is 0 Å². The number of anilines is 1. The highest BCUT2D eigenvalue weighted by Crippen LogP contribution is 2.46. The molecule has 9 heteroatoms. The van der Waals surface area contributed by atoms with Crippen molar-refractivity contribution in [3.8, 4) is 11.5 Å². The van der Waals surface area contributed by atoms with Crippen LogP contribution in [0.3, 0.4) is 0 Å². The highest BCUT2D eigenvalue weighted by atomic mass is 35.5. The predicted molar refractivity (Wildman–Crippen MR) is 127 cm³/mol. The Morgan fingerprint density at radius 2 is 1.88 bits per heavy atom. The van der Waals surface area contributed by atoms with Crippen LogP contribution in [-0.4, -0.2) is 25.1 Å². The van der Waals surface area contributed by atoms with Crippen LogP contribution in [0.1, 0.15) is 38.3 Å². The Balaban J connectivity index is 1.86. The van der Waals surface area contributed by atoms with Gasteiger partial charge in [-0.1, -0.05) is 11.6 Å². The molecule has 1 aliphatic heterocycles. The number of aryl methyl sites for hydroxylation is 2. The Morgan fingerprint density at radius 1 is 1.09 bits per heavy atom. The van der Waals surface area contributed by atoms with E-state index in [1.165, 1.54) is 23.3 Å². The van der Waals surface area contributed by atoms with Crippen molar-refractivity contribution in [1.29, 1.82) is 0 Å². The van der Waals surface area contributed by atoms with Crippen molar-refractivity contribution in [3.05, 3.63) is 79.1 Å². The average molecular weight is 483 g/mol. The molecule has 0 radical (unpaired) electrons. The number of hydrogen-bond donors (Lipinski definition) is 0.